The van der Waals surface area contributed by atoms with Crippen molar-refractivity contribution >= 4 is 39.3 Å². The van der Waals surface area contributed by atoms with Crippen molar-refractivity contribution in [2.24, 2.45) is 0 Å². The van der Waals surface area contributed by atoms with Crippen molar-refractivity contribution < 1.29 is 9.53 Å². The summed E-state index contributed by atoms with van der Waals surface area (Å²) in [5.74, 6) is 0.987. The predicted molar refractivity (Wildman–Crippen MR) is 129 cm³/mol. The zero-order valence-corrected chi connectivity index (χ0v) is 18.8. The summed E-state index contributed by atoms with van der Waals surface area (Å²) in [6.45, 7) is 0.550. The number of nitrogens with one attached hydrogen (secondary N) is 2. The van der Waals surface area contributed by atoms with Gasteiger partial charge in [0.15, 0.2) is 0 Å². The van der Waals surface area contributed by atoms with E-state index in [9.17, 15) is 4.79 Å². The van der Waals surface area contributed by atoms with Crippen molar-refractivity contribution in [1.29, 1.82) is 0 Å². The maximum Gasteiger partial charge on any atom is 0.230 e. The number of rotatable bonds is 8. The summed E-state index contributed by atoms with van der Waals surface area (Å²) in [5, 5.41) is 18.9. The van der Waals surface area contributed by atoms with E-state index >= 15 is 0 Å². The van der Waals surface area contributed by atoms with Crippen LogP contribution in [0, 0.1) is 0 Å². The molecule has 0 spiro atoms. The number of carbonyl (C=O) groups excluding carboxylic acids is 1. The average molecular weight is 459 g/mol. The van der Waals surface area contributed by atoms with Gasteiger partial charge in [-0.25, -0.2) is 0 Å². The SMILES string of the molecule is COc1ccc2c(CCNC(=O)CSc3nnnn3-c3ccc4ccccc4c3)c[nH]c2c1. The van der Waals surface area contributed by atoms with Gasteiger partial charge < -0.3 is 15.0 Å². The van der Waals surface area contributed by atoms with E-state index in [1.807, 2.05) is 60.8 Å². The highest BCUT2D eigenvalue weighted by molar-refractivity contribution is 7.99. The van der Waals surface area contributed by atoms with Crippen LogP contribution in [0.1, 0.15) is 5.56 Å². The standard InChI is InChI=1S/C24H22N6O2S/c1-32-20-8-9-21-18(14-26-22(21)13-20)10-11-25-23(31)15-33-24-27-28-29-30(24)19-7-6-16-4-2-3-5-17(16)12-19/h2-9,12-14,26H,10-11,15H2,1H3,(H,25,31). The summed E-state index contributed by atoms with van der Waals surface area (Å²) >= 11 is 1.31. The summed E-state index contributed by atoms with van der Waals surface area (Å²) in [6, 6.07) is 20.1. The molecule has 0 fully saturated rings. The van der Waals surface area contributed by atoms with Crippen LogP contribution < -0.4 is 10.1 Å². The van der Waals surface area contributed by atoms with Crippen molar-refractivity contribution in [3.05, 3.63) is 72.4 Å². The van der Waals surface area contributed by atoms with E-state index in [2.05, 4.69) is 31.9 Å². The van der Waals surface area contributed by atoms with Gasteiger partial charge in [-0.05, 0) is 57.4 Å². The molecule has 5 rings (SSSR count). The van der Waals surface area contributed by atoms with E-state index in [4.69, 9.17) is 4.74 Å². The third-order valence-corrected chi connectivity index (χ3v) is 6.36. The molecule has 0 bridgehead atoms. The van der Waals surface area contributed by atoms with Gasteiger partial charge >= 0.3 is 0 Å². The van der Waals surface area contributed by atoms with Crippen LogP contribution >= 0.6 is 11.8 Å². The lowest BCUT2D eigenvalue weighted by Crippen LogP contribution is -2.27. The Kier molecular flexibility index (Phi) is 5.95. The molecule has 33 heavy (non-hydrogen) atoms. The number of benzene rings is 3. The van der Waals surface area contributed by atoms with E-state index in [1.165, 1.54) is 11.8 Å². The summed E-state index contributed by atoms with van der Waals surface area (Å²) in [6.07, 6.45) is 2.71. The molecule has 0 saturated heterocycles. The summed E-state index contributed by atoms with van der Waals surface area (Å²) in [5.41, 5.74) is 3.03. The number of amides is 1. The average Bonchev–Trinajstić information content (AvgIpc) is 3.49. The van der Waals surface area contributed by atoms with Gasteiger partial charge in [0.25, 0.3) is 0 Å². The van der Waals surface area contributed by atoms with Gasteiger partial charge in [0, 0.05) is 29.7 Å². The Balaban J connectivity index is 1.17. The Morgan fingerprint density at radius 2 is 2.00 bits per heavy atom. The number of nitrogens with zero attached hydrogens (tertiary/aromatic N) is 4. The molecule has 1 amide bonds. The smallest absolute Gasteiger partial charge is 0.230 e. The van der Waals surface area contributed by atoms with Gasteiger partial charge in [-0.15, -0.1) is 5.10 Å². The second-order valence-corrected chi connectivity index (χ2v) is 8.46. The maximum atomic E-state index is 12.4. The number of hydrogen-bond acceptors (Lipinski definition) is 6. The number of aromatic amines is 1. The molecule has 0 aliphatic heterocycles. The predicted octanol–water partition coefficient (Wildman–Crippen LogP) is 3.76. The minimum atomic E-state index is -0.0606. The normalized spacial score (nSPS) is 11.2. The van der Waals surface area contributed by atoms with Gasteiger partial charge in [0.2, 0.25) is 11.1 Å². The first-order valence-corrected chi connectivity index (χ1v) is 11.5. The molecule has 166 valence electrons. The van der Waals surface area contributed by atoms with Crippen LogP contribution in [0.15, 0.2) is 72.0 Å². The van der Waals surface area contributed by atoms with Crippen LogP contribution in [0.3, 0.4) is 0 Å². The highest BCUT2D eigenvalue weighted by Gasteiger charge is 2.12. The number of fused-ring (bicyclic) bond motifs is 2. The lowest BCUT2D eigenvalue weighted by atomic mass is 10.1. The van der Waals surface area contributed by atoms with Crippen LogP contribution in [0.2, 0.25) is 0 Å². The maximum absolute atomic E-state index is 12.4. The van der Waals surface area contributed by atoms with E-state index < -0.39 is 0 Å². The largest absolute Gasteiger partial charge is 0.497 e. The first kappa shape index (κ1) is 21.0. The van der Waals surface area contributed by atoms with E-state index in [-0.39, 0.29) is 11.7 Å². The number of tetrazole rings is 1. The van der Waals surface area contributed by atoms with Crippen molar-refractivity contribution in [2.45, 2.75) is 11.6 Å². The Morgan fingerprint density at radius 1 is 1.12 bits per heavy atom. The molecule has 3 aromatic carbocycles. The van der Waals surface area contributed by atoms with Gasteiger partial charge in [-0.3, -0.25) is 4.79 Å². The molecular formula is C24H22N6O2S. The molecule has 9 heteroatoms. The van der Waals surface area contributed by atoms with E-state index in [0.29, 0.717) is 11.7 Å². The van der Waals surface area contributed by atoms with E-state index in [1.54, 1.807) is 11.8 Å². The minimum Gasteiger partial charge on any atom is -0.497 e. The number of carbonyl (C=O) groups is 1. The first-order chi connectivity index (χ1) is 16.2. The molecule has 0 aliphatic carbocycles. The molecule has 2 heterocycles. The fourth-order valence-electron chi connectivity index (χ4n) is 3.76. The van der Waals surface area contributed by atoms with Gasteiger partial charge in [0.1, 0.15) is 5.75 Å². The molecule has 5 aromatic rings. The number of methoxy groups -OCH3 is 1. The number of ether oxygens (including phenoxy) is 1. The van der Waals surface area contributed by atoms with Crippen LogP contribution in [0.25, 0.3) is 27.4 Å². The number of thioether (sulfide) groups is 1. The quantitative estimate of drug-likeness (QED) is 0.344. The van der Waals surface area contributed by atoms with Crippen LogP contribution in [-0.4, -0.2) is 50.5 Å². The number of aromatic nitrogens is 5. The lowest BCUT2D eigenvalue weighted by Gasteiger charge is -2.07. The van der Waals surface area contributed by atoms with Crippen molar-refractivity contribution in [3.63, 3.8) is 0 Å². The molecule has 0 atom stereocenters. The first-order valence-electron chi connectivity index (χ1n) is 10.5. The molecular weight excluding hydrogens is 436 g/mol. The summed E-state index contributed by atoms with van der Waals surface area (Å²) in [4.78, 5) is 15.7. The zero-order valence-electron chi connectivity index (χ0n) is 18.0. The highest BCUT2D eigenvalue weighted by atomic mass is 32.2. The van der Waals surface area contributed by atoms with Crippen LogP contribution in [0.5, 0.6) is 5.75 Å². The van der Waals surface area contributed by atoms with Gasteiger partial charge in [-0.1, -0.05) is 42.1 Å². The molecule has 0 radical (unpaired) electrons. The topological polar surface area (TPSA) is 97.7 Å². The third kappa shape index (κ3) is 4.54. The van der Waals surface area contributed by atoms with Crippen molar-refractivity contribution in [3.8, 4) is 11.4 Å². The molecule has 8 nitrogen and oxygen atoms in total. The Hall–Kier alpha value is -3.85. The van der Waals surface area contributed by atoms with Crippen molar-refractivity contribution in [2.75, 3.05) is 19.4 Å². The Bertz CT molecular complexity index is 1430. The van der Waals surface area contributed by atoms with Gasteiger partial charge in [0.05, 0.1) is 18.6 Å². The molecule has 0 unspecified atom stereocenters. The second kappa shape index (κ2) is 9.33. The highest BCUT2D eigenvalue weighted by Crippen LogP contribution is 2.24. The zero-order chi connectivity index (χ0) is 22.6. The lowest BCUT2D eigenvalue weighted by molar-refractivity contribution is -0.118. The summed E-state index contributed by atoms with van der Waals surface area (Å²) < 4.78 is 6.92. The fourth-order valence-corrected chi connectivity index (χ4v) is 4.48. The Labute approximate surface area is 194 Å². The van der Waals surface area contributed by atoms with Crippen LogP contribution in [0.4, 0.5) is 0 Å². The molecule has 2 aromatic heterocycles. The van der Waals surface area contributed by atoms with Crippen LogP contribution in [-0.2, 0) is 11.2 Å². The minimum absolute atomic E-state index is 0.0606. The molecule has 0 saturated carbocycles. The molecule has 2 N–H and O–H groups in total. The summed E-state index contributed by atoms with van der Waals surface area (Å²) in [7, 11) is 1.65. The molecule has 0 aliphatic rings. The monoisotopic (exact) mass is 458 g/mol. The Morgan fingerprint density at radius 3 is 2.88 bits per heavy atom. The van der Waals surface area contributed by atoms with E-state index in [0.717, 1.165) is 45.1 Å². The van der Waals surface area contributed by atoms with Gasteiger partial charge in [-0.2, -0.15) is 4.68 Å². The van der Waals surface area contributed by atoms with Crippen molar-refractivity contribution in [1.82, 2.24) is 30.5 Å². The number of H-pyrrole nitrogens is 1. The number of hydrogen-bond donors (Lipinski definition) is 2. The second-order valence-electron chi connectivity index (χ2n) is 7.52. The third-order valence-electron chi connectivity index (χ3n) is 5.44. The fraction of sp³-hybridized carbons (Fsp3) is 0.167.